The maximum Gasteiger partial charge on any atom is 0.264 e. The van der Waals surface area contributed by atoms with E-state index >= 15 is 0 Å². The SMILES string of the molecule is CC1(C)C=Cc2cc(S(=O)(=O)N3CCCc4ccccc43)ccc2O1. The Hall–Kier alpha value is -2.27. The zero-order chi connectivity index (χ0) is 17.7. The van der Waals surface area contributed by atoms with Gasteiger partial charge in [-0.25, -0.2) is 8.42 Å². The average molecular weight is 355 g/mol. The summed E-state index contributed by atoms with van der Waals surface area (Å²) < 4.78 is 33.9. The quantitative estimate of drug-likeness (QED) is 0.818. The highest BCUT2D eigenvalue weighted by molar-refractivity contribution is 7.92. The fraction of sp³-hybridized carbons (Fsp3) is 0.300. The predicted molar refractivity (Wildman–Crippen MR) is 99.5 cm³/mol. The van der Waals surface area contributed by atoms with E-state index in [1.165, 1.54) is 4.31 Å². The first-order chi connectivity index (χ1) is 11.9. The number of para-hydroxylation sites is 1. The van der Waals surface area contributed by atoms with Crippen LogP contribution < -0.4 is 9.04 Å². The van der Waals surface area contributed by atoms with Crippen molar-refractivity contribution in [1.82, 2.24) is 0 Å². The van der Waals surface area contributed by atoms with Crippen LogP contribution in [0.25, 0.3) is 6.08 Å². The number of nitrogens with zero attached hydrogens (tertiary/aromatic N) is 1. The van der Waals surface area contributed by atoms with Gasteiger partial charge in [0, 0.05) is 12.1 Å². The van der Waals surface area contributed by atoms with Crippen LogP contribution in [0.3, 0.4) is 0 Å². The van der Waals surface area contributed by atoms with Gasteiger partial charge >= 0.3 is 0 Å². The van der Waals surface area contributed by atoms with Crippen molar-refractivity contribution in [3.05, 3.63) is 59.7 Å². The summed E-state index contributed by atoms with van der Waals surface area (Å²) in [5.41, 5.74) is 2.30. The zero-order valence-corrected chi connectivity index (χ0v) is 15.2. The molecule has 0 aliphatic carbocycles. The number of ether oxygens (including phenoxy) is 1. The number of hydrogen-bond acceptors (Lipinski definition) is 3. The first kappa shape index (κ1) is 16.2. The van der Waals surface area contributed by atoms with Crippen LogP contribution in [-0.2, 0) is 16.4 Å². The summed E-state index contributed by atoms with van der Waals surface area (Å²) in [7, 11) is -3.59. The normalized spacial score (nSPS) is 18.2. The largest absolute Gasteiger partial charge is 0.483 e. The molecule has 5 heteroatoms. The molecule has 0 unspecified atom stereocenters. The molecule has 0 saturated carbocycles. The first-order valence-electron chi connectivity index (χ1n) is 8.50. The van der Waals surface area contributed by atoms with Gasteiger partial charge in [0.15, 0.2) is 0 Å². The molecule has 0 bridgehead atoms. The van der Waals surface area contributed by atoms with Crippen LogP contribution in [0.4, 0.5) is 5.69 Å². The minimum Gasteiger partial charge on any atom is -0.483 e. The highest BCUT2D eigenvalue weighted by Gasteiger charge is 2.30. The second-order valence-corrected chi connectivity index (χ2v) is 8.91. The summed E-state index contributed by atoms with van der Waals surface area (Å²) in [5.74, 6) is 0.713. The van der Waals surface area contributed by atoms with E-state index in [0.717, 1.165) is 29.7 Å². The topological polar surface area (TPSA) is 46.6 Å². The van der Waals surface area contributed by atoms with E-state index in [4.69, 9.17) is 4.74 Å². The number of rotatable bonds is 2. The molecular formula is C20H21NO3S. The van der Waals surface area contributed by atoms with Crippen LogP contribution in [0.5, 0.6) is 5.75 Å². The Labute approximate surface area is 148 Å². The minimum absolute atomic E-state index is 0.302. The molecule has 2 aliphatic heterocycles. The molecule has 2 aromatic rings. The second kappa shape index (κ2) is 5.63. The third kappa shape index (κ3) is 2.82. The Kier molecular flexibility index (Phi) is 3.65. The maximum absolute atomic E-state index is 13.2. The van der Waals surface area contributed by atoms with E-state index in [2.05, 4.69) is 0 Å². The van der Waals surface area contributed by atoms with E-state index in [0.29, 0.717) is 17.2 Å². The van der Waals surface area contributed by atoms with Gasteiger partial charge in [0.25, 0.3) is 10.0 Å². The third-order valence-electron chi connectivity index (χ3n) is 4.67. The van der Waals surface area contributed by atoms with Gasteiger partial charge in [-0.05, 0) is 62.6 Å². The van der Waals surface area contributed by atoms with Gasteiger partial charge in [0.05, 0.1) is 10.6 Å². The molecule has 0 radical (unpaired) electrons. The lowest BCUT2D eigenvalue weighted by atomic mass is 10.0. The van der Waals surface area contributed by atoms with Gasteiger partial charge in [0.2, 0.25) is 0 Å². The van der Waals surface area contributed by atoms with Gasteiger partial charge in [-0.3, -0.25) is 4.31 Å². The highest BCUT2D eigenvalue weighted by atomic mass is 32.2. The predicted octanol–water partition coefficient (Wildman–Crippen LogP) is 4.01. The minimum atomic E-state index is -3.59. The third-order valence-corrected chi connectivity index (χ3v) is 6.48. The van der Waals surface area contributed by atoms with Crippen molar-refractivity contribution in [2.24, 2.45) is 0 Å². The Morgan fingerprint density at radius 2 is 1.92 bits per heavy atom. The number of anilines is 1. The molecule has 0 spiro atoms. The molecule has 2 aliphatic rings. The summed E-state index contributed by atoms with van der Waals surface area (Å²) in [5, 5.41) is 0. The fourth-order valence-electron chi connectivity index (χ4n) is 3.39. The lowest BCUT2D eigenvalue weighted by molar-refractivity contribution is 0.159. The molecule has 0 fully saturated rings. The standard InChI is InChI=1S/C20H21NO3S/c1-20(2)12-11-16-14-17(9-10-19(16)24-20)25(22,23)21-13-5-7-15-6-3-4-8-18(15)21/h3-4,6,8-12,14H,5,7,13H2,1-2H3. The van der Waals surface area contributed by atoms with Crippen molar-refractivity contribution in [1.29, 1.82) is 0 Å². The van der Waals surface area contributed by atoms with Crippen molar-refractivity contribution in [2.75, 3.05) is 10.8 Å². The van der Waals surface area contributed by atoms with Crippen LogP contribution in [0.2, 0.25) is 0 Å². The molecule has 0 atom stereocenters. The van der Waals surface area contributed by atoms with Crippen molar-refractivity contribution in [3.63, 3.8) is 0 Å². The molecule has 2 aromatic carbocycles. The van der Waals surface area contributed by atoms with Crippen molar-refractivity contribution in [2.45, 2.75) is 37.2 Å². The monoisotopic (exact) mass is 355 g/mol. The van der Waals surface area contributed by atoms with Gasteiger partial charge in [-0.15, -0.1) is 0 Å². The van der Waals surface area contributed by atoms with E-state index in [1.807, 2.05) is 50.3 Å². The van der Waals surface area contributed by atoms with Crippen LogP contribution in [0.1, 0.15) is 31.4 Å². The molecule has 0 aromatic heterocycles. The molecular weight excluding hydrogens is 334 g/mol. The van der Waals surface area contributed by atoms with Crippen LogP contribution in [-0.4, -0.2) is 20.6 Å². The Bertz CT molecular complexity index is 961. The van der Waals surface area contributed by atoms with Gasteiger partial charge in [0.1, 0.15) is 11.4 Å². The number of sulfonamides is 1. The highest BCUT2D eigenvalue weighted by Crippen LogP contribution is 2.35. The molecule has 2 heterocycles. The smallest absolute Gasteiger partial charge is 0.264 e. The average Bonchev–Trinajstić information content (AvgIpc) is 2.60. The van der Waals surface area contributed by atoms with Crippen molar-refractivity contribution >= 4 is 21.8 Å². The van der Waals surface area contributed by atoms with E-state index in [1.54, 1.807) is 18.2 Å². The zero-order valence-electron chi connectivity index (χ0n) is 14.4. The van der Waals surface area contributed by atoms with Crippen molar-refractivity contribution < 1.29 is 13.2 Å². The second-order valence-electron chi connectivity index (χ2n) is 7.05. The number of benzene rings is 2. The Morgan fingerprint density at radius 3 is 2.76 bits per heavy atom. The van der Waals surface area contributed by atoms with Crippen LogP contribution >= 0.6 is 0 Å². The van der Waals surface area contributed by atoms with Crippen molar-refractivity contribution in [3.8, 4) is 5.75 Å². The molecule has 4 nitrogen and oxygen atoms in total. The molecule has 4 rings (SSSR count). The van der Waals surface area contributed by atoms with Gasteiger partial charge < -0.3 is 4.74 Å². The summed E-state index contributed by atoms with van der Waals surface area (Å²) in [6, 6.07) is 12.8. The maximum atomic E-state index is 13.2. The summed E-state index contributed by atoms with van der Waals surface area (Å²) in [6.07, 6.45) is 5.63. The summed E-state index contributed by atoms with van der Waals surface area (Å²) >= 11 is 0. The molecule has 0 amide bonds. The van der Waals surface area contributed by atoms with Gasteiger partial charge in [-0.1, -0.05) is 24.3 Å². The Balaban J connectivity index is 1.76. The van der Waals surface area contributed by atoms with Crippen LogP contribution in [0.15, 0.2) is 53.4 Å². The molecule has 25 heavy (non-hydrogen) atoms. The van der Waals surface area contributed by atoms with E-state index in [9.17, 15) is 8.42 Å². The molecule has 0 N–H and O–H groups in total. The fourth-order valence-corrected chi connectivity index (χ4v) is 4.97. The first-order valence-corrected chi connectivity index (χ1v) is 9.94. The van der Waals surface area contributed by atoms with E-state index < -0.39 is 10.0 Å². The van der Waals surface area contributed by atoms with Gasteiger partial charge in [-0.2, -0.15) is 0 Å². The van der Waals surface area contributed by atoms with Crippen LogP contribution in [0, 0.1) is 0 Å². The number of fused-ring (bicyclic) bond motifs is 2. The summed E-state index contributed by atoms with van der Waals surface area (Å²) in [4.78, 5) is 0.302. The number of hydrogen-bond donors (Lipinski definition) is 0. The lowest BCUT2D eigenvalue weighted by Crippen LogP contribution is -2.35. The summed E-state index contributed by atoms with van der Waals surface area (Å²) in [6.45, 7) is 4.46. The number of aryl methyl sites for hydroxylation is 1. The Morgan fingerprint density at radius 1 is 1.12 bits per heavy atom. The lowest BCUT2D eigenvalue weighted by Gasteiger charge is -2.31. The molecule has 130 valence electrons. The molecule has 0 saturated heterocycles. The van der Waals surface area contributed by atoms with E-state index in [-0.39, 0.29) is 5.60 Å².